The Bertz CT molecular complexity index is 1230. The van der Waals surface area contributed by atoms with Crippen molar-refractivity contribution in [3.8, 4) is 6.07 Å². The van der Waals surface area contributed by atoms with E-state index in [-0.39, 0.29) is 12.5 Å². The van der Waals surface area contributed by atoms with Gasteiger partial charge in [-0.05, 0) is 42.2 Å². The number of benzene rings is 2. The van der Waals surface area contributed by atoms with Crippen LogP contribution in [0.2, 0.25) is 10.0 Å². The fourth-order valence-corrected chi connectivity index (χ4v) is 5.46. The van der Waals surface area contributed by atoms with E-state index in [1.54, 1.807) is 24.3 Å². The molecule has 0 aromatic heterocycles. The molecule has 0 radical (unpaired) electrons. The van der Waals surface area contributed by atoms with E-state index in [1.807, 2.05) is 24.3 Å². The van der Waals surface area contributed by atoms with Gasteiger partial charge in [0.05, 0.1) is 17.7 Å². The quantitative estimate of drug-likeness (QED) is 0.648. The third-order valence-corrected chi connectivity index (χ3v) is 7.37. The van der Waals surface area contributed by atoms with E-state index >= 15 is 0 Å². The third kappa shape index (κ3) is 6.06. The number of piperidine rings is 1. The van der Waals surface area contributed by atoms with E-state index < -0.39 is 10.2 Å². The molecule has 0 unspecified atom stereocenters. The molecule has 2 aromatic rings. The maximum Gasteiger partial charge on any atom is 0.322 e. The fraction of sp³-hybridized carbons (Fsp3) is 0.304. The summed E-state index contributed by atoms with van der Waals surface area (Å²) < 4.78 is 29.7. The molecule has 2 aliphatic rings. The SMILES string of the molecule is N#Cc1ccccc1CN1CCC(N=C2C=C(Cc3c(Cl)cccc3Cl)NS(=O)(=O)N2)CC1. The molecule has 10 heteroatoms. The van der Waals surface area contributed by atoms with Crippen molar-refractivity contribution in [2.24, 2.45) is 4.99 Å². The van der Waals surface area contributed by atoms with Crippen molar-refractivity contribution in [3.05, 3.63) is 81.0 Å². The highest BCUT2D eigenvalue weighted by molar-refractivity contribution is 7.88. The molecule has 33 heavy (non-hydrogen) atoms. The van der Waals surface area contributed by atoms with Crippen molar-refractivity contribution in [2.45, 2.75) is 31.8 Å². The van der Waals surface area contributed by atoms with Gasteiger partial charge in [0.15, 0.2) is 0 Å². The largest absolute Gasteiger partial charge is 0.322 e. The molecule has 1 saturated heterocycles. The topological polar surface area (TPSA) is 97.6 Å². The zero-order valence-corrected chi connectivity index (χ0v) is 20.1. The van der Waals surface area contributed by atoms with Crippen molar-refractivity contribution < 1.29 is 8.42 Å². The minimum atomic E-state index is -3.76. The molecule has 0 saturated carbocycles. The lowest BCUT2D eigenvalue weighted by atomic mass is 10.0. The third-order valence-electron chi connectivity index (χ3n) is 5.65. The fourth-order valence-electron chi connectivity index (χ4n) is 4.01. The van der Waals surface area contributed by atoms with Gasteiger partial charge >= 0.3 is 10.2 Å². The van der Waals surface area contributed by atoms with Crippen molar-refractivity contribution in [2.75, 3.05) is 13.1 Å². The number of nitrogens with one attached hydrogen (secondary N) is 2. The second-order valence-corrected chi connectivity index (χ2v) is 10.3. The van der Waals surface area contributed by atoms with Gasteiger partial charge in [-0.2, -0.15) is 13.7 Å². The molecule has 2 aliphatic heterocycles. The van der Waals surface area contributed by atoms with Gasteiger partial charge in [0.1, 0.15) is 5.84 Å². The Morgan fingerprint density at radius 2 is 1.76 bits per heavy atom. The van der Waals surface area contributed by atoms with Crippen LogP contribution in [0, 0.1) is 11.3 Å². The summed E-state index contributed by atoms with van der Waals surface area (Å²) in [6.45, 7) is 2.35. The first kappa shape index (κ1) is 23.6. The average molecular weight is 504 g/mol. The predicted molar refractivity (Wildman–Crippen MR) is 130 cm³/mol. The Morgan fingerprint density at radius 1 is 1.06 bits per heavy atom. The number of nitriles is 1. The van der Waals surface area contributed by atoms with E-state index in [2.05, 4.69) is 25.4 Å². The number of aliphatic imine (C=N–C) groups is 1. The molecular formula is C23H23Cl2N5O2S. The van der Waals surface area contributed by atoms with Crippen LogP contribution in [0.1, 0.15) is 29.5 Å². The van der Waals surface area contributed by atoms with E-state index in [4.69, 9.17) is 23.2 Å². The van der Waals surface area contributed by atoms with Crippen LogP contribution in [0.5, 0.6) is 0 Å². The number of rotatable bonds is 5. The summed E-state index contributed by atoms with van der Waals surface area (Å²) in [5.74, 6) is 0.306. The van der Waals surface area contributed by atoms with Gasteiger partial charge in [-0.1, -0.05) is 47.5 Å². The summed E-state index contributed by atoms with van der Waals surface area (Å²) in [4.78, 5) is 6.96. The van der Waals surface area contributed by atoms with Crippen LogP contribution < -0.4 is 9.44 Å². The summed E-state index contributed by atoms with van der Waals surface area (Å²) in [5, 5.41) is 10.2. The highest BCUT2D eigenvalue weighted by Crippen LogP contribution is 2.27. The minimum absolute atomic E-state index is 0.00432. The van der Waals surface area contributed by atoms with Gasteiger partial charge in [0, 0.05) is 47.9 Å². The Balaban J connectivity index is 1.44. The van der Waals surface area contributed by atoms with Crippen LogP contribution in [0.15, 0.2) is 59.2 Å². The summed E-state index contributed by atoms with van der Waals surface area (Å²) in [7, 11) is -3.76. The summed E-state index contributed by atoms with van der Waals surface area (Å²) >= 11 is 12.5. The molecule has 4 rings (SSSR count). The second kappa shape index (κ2) is 10.1. The Hall–Kier alpha value is -2.57. The van der Waals surface area contributed by atoms with Crippen LogP contribution in [0.4, 0.5) is 0 Å². The van der Waals surface area contributed by atoms with Crippen LogP contribution in [-0.2, 0) is 23.2 Å². The molecule has 2 N–H and O–H groups in total. The zero-order valence-electron chi connectivity index (χ0n) is 17.8. The molecule has 2 aromatic carbocycles. The van der Waals surface area contributed by atoms with Gasteiger partial charge in [-0.3, -0.25) is 19.3 Å². The maximum absolute atomic E-state index is 12.3. The summed E-state index contributed by atoms with van der Waals surface area (Å²) in [6.07, 6.45) is 3.53. The Morgan fingerprint density at radius 3 is 2.45 bits per heavy atom. The number of allylic oxidation sites excluding steroid dienone is 1. The van der Waals surface area contributed by atoms with Crippen molar-refractivity contribution in [1.29, 1.82) is 5.26 Å². The van der Waals surface area contributed by atoms with Gasteiger partial charge in [-0.15, -0.1) is 0 Å². The Kier molecular flexibility index (Phi) is 7.25. The van der Waals surface area contributed by atoms with Crippen molar-refractivity contribution in [3.63, 3.8) is 0 Å². The van der Waals surface area contributed by atoms with Crippen molar-refractivity contribution >= 4 is 39.2 Å². The van der Waals surface area contributed by atoms with Gasteiger partial charge in [0.25, 0.3) is 0 Å². The molecule has 7 nitrogen and oxygen atoms in total. The number of nitrogens with zero attached hydrogens (tertiary/aromatic N) is 3. The van der Waals surface area contributed by atoms with E-state index in [0.717, 1.165) is 31.5 Å². The zero-order chi connectivity index (χ0) is 23.4. The number of amidine groups is 1. The first-order valence-electron chi connectivity index (χ1n) is 10.5. The van der Waals surface area contributed by atoms with Crippen LogP contribution in [0.25, 0.3) is 0 Å². The van der Waals surface area contributed by atoms with Gasteiger partial charge in [-0.25, -0.2) is 0 Å². The Labute approximate surface area is 203 Å². The number of likely N-dealkylation sites (tertiary alicyclic amines) is 1. The lowest BCUT2D eigenvalue weighted by Gasteiger charge is -2.31. The van der Waals surface area contributed by atoms with Gasteiger partial charge < -0.3 is 0 Å². The van der Waals surface area contributed by atoms with E-state index in [9.17, 15) is 13.7 Å². The van der Waals surface area contributed by atoms with E-state index in [1.165, 1.54) is 0 Å². The minimum Gasteiger partial charge on any atom is -0.299 e. The highest BCUT2D eigenvalue weighted by Gasteiger charge is 2.24. The average Bonchev–Trinajstić information content (AvgIpc) is 2.77. The molecule has 0 spiro atoms. The molecule has 0 amide bonds. The number of halogens is 2. The smallest absolute Gasteiger partial charge is 0.299 e. The normalized spacial score (nSPS) is 19.9. The van der Waals surface area contributed by atoms with E-state index in [0.29, 0.717) is 39.2 Å². The first-order valence-corrected chi connectivity index (χ1v) is 12.8. The number of hydrogen-bond donors (Lipinski definition) is 2. The molecule has 2 heterocycles. The molecule has 0 aliphatic carbocycles. The molecule has 0 atom stereocenters. The molecule has 0 bridgehead atoms. The second-order valence-electron chi connectivity index (χ2n) is 8.04. The lowest BCUT2D eigenvalue weighted by molar-refractivity contribution is 0.206. The standard InChI is InChI=1S/C23H23Cl2N5O2S/c24-21-6-3-7-22(25)20(21)12-19-13-23(29-33(31,32)28-19)27-18-8-10-30(11-9-18)15-17-5-2-1-4-16(17)14-26/h1-7,13,18,28H,8-12,15H2,(H,27,29). The molecular weight excluding hydrogens is 481 g/mol. The van der Waals surface area contributed by atoms with Gasteiger partial charge in [0.2, 0.25) is 0 Å². The lowest BCUT2D eigenvalue weighted by Crippen LogP contribution is -2.45. The van der Waals surface area contributed by atoms with Crippen LogP contribution >= 0.6 is 23.2 Å². The number of hydrogen-bond acceptors (Lipinski definition) is 5. The summed E-state index contributed by atoms with van der Waals surface area (Å²) in [5.41, 5.74) is 2.82. The first-order chi connectivity index (χ1) is 15.8. The van der Waals surface area contributed by atoms with Crippen molar-refractivity contribution in [1.82, 2.24) is 14.3 Å². The molecule has 1 fully saturated rings. The maximum atomic E-state index is 12.3. The monoisotopic (exact) mass is 503 g/mol. The van der Waals surface area contributed by atoms with Crippen LogP contribution in [-0.4, -0.2) is 38.3 Å². The van der Waals surface area contributed by atoms with Crippen LogP contribution in [0.3, 0.4) is 0 Å². The summed E-state index contributed by atoms with van der Waals surface area (Å²) in [6, 6.07) is 15.0. The highest BCUT2D eigenvalue weighted by atomic mass is 35.5. The molecule has 172 valence electrons. The predicted octanol–water partition coefficient (Wildman–Crippen LogP) is 3.79.